The SMILES string of the molecule is COc1ccccc1Oc1c(NS(=O)(=O)c2ccc(C(C)(C)C)cc2)nc(-c2ncccn2)nc1OCCOC(=O)CCCCCO[N+](=O)[O-]. The topological polar surface area (TPSA) is 204 Å². The molecule has 0 saturated carbocycles. The highest BCUT2D eigenvalue weighted by Gasteiger charge is 2.26. The Labute approximate surface area is 289 Å². The molecule has 0 radical (unpaired) electrons. The quantitative estimate of drug-likeness (QED) is 0.0584. The van der Waals surface area contributed by atoms with E-state index in [9.17, 15) is 23.3 Å². The molecule has 0 fully saturated rings. The number of hydrogen-bond donors (Lipinski definition) is 1. The van der Waals surface area contributed by atoms with Crippen LogP contribution >= 0.6 is 0 Å². The summed E-state index contributed by atoms with van der Waals surface area (Å²) < 4.78 is 52.8. The number of carbonyl (C=O) groups excluding carboxylic acids is 1. The molecule has 4 aromatic rings. The van der Waals surface area contributed by atoms with E-state index in [4.69, 9.17) is 18.9 Å². The Kier molecular flexibility index (Phi) is 12.8. The first kappa shape index (κ1) is 37.2. The van der Waals surface area contributed by atoms with Crippen molar-refractivity contribution in [2.75, 3.05) is 31.7 Å². The Morgan fingerprint density at radius 1 is 0.880 bits per heavy atom. The number of anilines is 1. The third kappa shape index (κ3) is 10.7. The van der Waals surface area contributed by atoms with Crippen LogP contribution in [0.4, 0.5) is 5.82 Å². The standard InChI is InChI=1S/C33H38N6O10S/c1-33(2,3)23-14-16-24(17-15-23)50(43,44)38-29-28(49-26-12-8-7-11-25(26)45-4)32(37-31(36-29)30-34-18-10-19-35-30)47-22-21-46-27(40)13-6-5-9-20-48-39(41)42/h7-8,10-12,14-19H,5-6,9,13,20-22H2,1-4H3,(H,36,37,38). The molecule has 2 aromatic heterocycles. The molecule has 17 heteroatoms. The molecule has 266 valence electrons. The zero-order chi connectivity index (χ0) is 36.1. The molecule has 1 N–H and O–H groups in total. The van der Waals surface area contributed by atoms with Crippen LogP contribution in [0.1, 0.15) is 52.0 Å². The van der Waals surface area contributed by atoms with E-state index in [1.54, 1.807) is 42.5 Å². The average molecular weight is 711 g/mol. The van der Waals surface area contributed by atoms with E-state index >= 15 is 0 Å². The molecular formula is C33H38N6O10S. The Balaban J connectivity index is 1.63. The van der Waals surface area contributed by atoms with Crippen LogP contribution < -0.4 is 18.9 Å². The molecule has 0 spiro atoms. The zero-order valence-corrected chi connectivity index (χ0v) is 28.8. The van der Waals surface area contributed by atoms with E-state index in [1.807, 2.05) is 20.8 Å². The second-order valence-electron chi connectivity index (χ2n) is 11.7. The molecule has 0 atom stereocenters. The van der Waals surface area contributed by atoms with Gasteiger partial charge in [0, 0.05) is 18.8 Å². The van der Waals surface area contributed by atoms with Gasteiger partial charge in [-0.1, -0.05) is 51.5 Å². The van der Waals surface area contributed by atoms with Gasteiger partial charge in [0.25, 0.3) is 21.0 Å². The number of rotatable bonds is 18. The van der Waals surface area contributed by atoms with Crippen molar-refractivity contribution in [3.63, 3.8) is 0 Å². The molecule has 0 aliphatic carbocycles. The Morgan fingerprint density at radius 2 is 1.58 bits per heavy atom. The number of benzene rings is 2. The molecule has 0 amide bonds. The Hall–Kier alpha value is -5.58. The minimum Gasteiger partial charge on any atom is -0.493 e. The number of hydrogen-bond acceptors (Lipinski definition) is 14. The minimum atomic E-state index is -4.24. The highest BCUT2D eigenvalue weighted by molar-refractivity contribution is 7.92. The van der Waals surface area contributed by atoms with Gasteiger partial charge in [-0.25, -0.2) is 23.4 Å². The fraction of sp³-hybridized carbons (Fsp3) is 0.364. The highest BCUT2D eigenvalue weighted by atomic mass is 32.2. The average Bonchev–Trinajstić information content (AvgIpc) is 3.09. The molecule has 2 aromatic carbocycles. The summed E-state index contributed by atoms with van der Waals surface area (Å²) in [6.07, 6.45) is 4.44. The van der Waals surface area contributed by atoms with Gasteiger partial charge >= 0.3 is 5.97 Å². The number of unbranched alkanes of at least 4 members (excludes halogenated alkanes) is 2. The fourth-order valence-corrected chi connectivity index (χ4v) is 5.40. The maximum absolute atomic E-state index is 13.7. The predicted octanol–water partition coefficient (Wildman–Crippen LogP) is 5.52. The van der Waals surface area contributed by atoms with Crippen LogP contribution in [0.25, 0.3) is 11.6 Å². The second-order valence-corrected chi connectivity index (χ2v) is 13.4. The van der Waals surface area contributed by atoms with E-state index in [0.29, 0.717) is 25.0 Å². The number of para-hydroxylation sites is 2. The predicted molar refractivity (Wildman–Crippen MR) is 180 cm³/mol. The van der Waals surface area contributed by atoms with Gasteiger partial charge in [0.15, 0.2) is 23.1 Å². The lowest BCUT2D eigenvalue weighted by molar-refractivity contribution is -0.757. The normalized spacial score (nSPS) is 11.4. The summed E-state index contributed by atoms with van der Waals surface area (Å²) in [4.78, 5) is 44.0. The lowest BCUT2D eigenvalue weighted by atomic mass is 9.87. The summed E-state index contributed by atoms with van der Waals surface area (Å²) in [5.74, 6) is -0.638. The maximum atomic E-state index is 13.7. The summed E-state index contributed by atoms with van der Waals surface area (Å²) in [6, 6.07) is 14.8. The van der Waals surface area contributed by atoms with Crippen molar-refractivity contribution in [1.29, 1.82) is 0 Å². The van der Waals surface area contributed by atoms with Crippen LogP contribution in [-0.4, -0.2) is 66.3 Å². The summed E-state index contributed by atoms with van der Waals surface area (Å²) in [5, 5.41) is 9.37. The number of esters is 1. The molecule has 4 rings (SSSR count). The van der Waals surface area contributed by atoms with E-state index in [2.05, 4.69) is 29.5 Å². The van der Waals surface area contributed by atoms with Crippen LogP contribution in [0.15, 0.2) is 71.9 Å². The molecule has 50 heavy (non-hydrogen) atoms. The largest absolute Gasteiger partial charge is 0.493 e. The first-order chi connectivity index (χ1) is 23.9. The van der Waals surface area contributed by atoms with Crippen LogP contribution in [0.3, 0.4) is 0 Å². The summed E-state index contributed by atoms with van der Waals surface area (Å²) in [7, 11) is -2.79. The number of nitrogens with one attached hydrogen (secondary N) is 1. The highest BCUT2D eigenvalue weighted by Crippen LogP contribution is 2.41. The summed E-state index contributed by atoms with van der Waals surface area (Å²) in [6.45, 7) is 5.64. The molecule has 0 unspecified atom stereocenters. The summed E-state index contributed by atoms with van der Waals surface area (Å²) in [5.41, 5.74) is 0.750. The first-order valence-corrected chi connectivity index (χ1v) is 17.0. The lowest BCUT2D eigenvalue weighted by Crippen LogP contribution is -2.18. The smallest absolute Gasteiger partial charge is 0.305 e. The van der Waals surface area contributed by atoms with Crippen molar-refractivity contribution in [2.24, 2.45) is 0 Å². The monoisotopic (exact) mass is 710 g/mol. The third-order valence-corrected chi connectivity index (χ3v) is 8.30. The molecule has 0 saturated heterocycles. The van der Waals surface area contributed by atoms with Gasteiger partial charge in [-0.05, 0) is 54.2 Å². The summed E-state index contributed by atoms with van der Waals surface area (Å²) >= 11 is 0. The van der Waals surface area contributed by atoms with Crippen molar-refractivity contribution in [3.05, 3.63) is 82.7 Å². The van der Waals surface area contributed by atoms with E-state index in [-0.39, 0.29) is 71.4 Å². The van der Waals surface area contributed by atoms with Crippen molar-refractivity contribution >= 4 is 21.8 Å². The van der Waals surface area contributed by atoms with E-state index < -0.39 is 21.1 Å². The van der Waals surface area contributed by atoms with Gasteiger partial charge in [0.05, 0.1) is 18.6 Å². The fourth-order valence-electron chi connectivity index (χ4n) is 4.39. The second kappa shape index (κ2) is 17.2. The molecular weight excluding hydrogens is 672 g/mol. The third-order valence-electron chi connectivity index (χ3n) is 6.95. The number of sulfonamides is 1. The lowest BCUT2D eigenvalue weighted by Gasteiger charge is -2.20. The number of aromatic nitrogens is 4. The minimum absolute atomic E-state index is 0.0236. The van der Waals surface area contributed by atoms with E-state index in [0.717, 1.165) is 5.56 Å². The van der Waals surface area contributed by atoms with Gasteiger partial charge < -0.3 is 23.8 Å². The number of methoxy groups -OCH3 is 1. The zero-order valence-electron chi connectivity index (χ0n) is 28.0. The number of nitrogens with zero attached hydrogens (tertiary/aromatic N) is 5. The number of ether oxygens (including phenoxy) is 4. The Morgan fingerprint density at radius 3 is 2.24 bits per heavy atom. The van der Waals surface area contributed by atoms with Crippen molar-refractivity contribution < 1.29 is 42.1 Å². The van der Waals surface area contributed by atoms with Crippen molar-refractivity contribution in [3.8, 4) is 34.8 Å². The van der Waals surface area contributed by atoms with Gasteiger partial charge in [-0.2, -0.15) is 4.98 Å². The van der Waals surface area contributed by atoms with Gasteiger partial charge in [0.2, 0.25) is 11.6 Å². The maximum Gasteiger partial charge on any atom is 0.305 e. The van der Waals surface area contributed by atoms with Crippen molar-refractivity contribution in [1.82, 2.24) is 19.9 Å². The van der Waals surface area contributed by atoms with Gasteiger partial charge in [-0.15, -0.1) is 10.1 Å². The molecule has 0 bridgehead atoms. The first-order valence-electron chi connectivity index (χ1n) is 15.6. The van der Waals surface area contributed by atoms with Crippen LogP contribution in [0.5, 0.6) is 23.1 Å². The van der Waals surface area contributed by atoms with Crippen molar-refractivity contribution in [2.45, 2.75) is 56.8 Å². The molecule has 2 heterocycles. The number of carbonyl (C=O) groups is 1. The van der Waals surface area contributed by atoms with E-state index in [1.165, 1.54) is 31.6 Å². The van der Waals surface area contributed by atoms with Crippen LogP contribution in [-0.2, 0) is 29.8 Å². The Bertz CT molecular complexity index is 1850. The molecule has 16 nitrogen and oxygen atoms in total. The van der Waals surface area contributed by atoms with Crippen LogP contribution in [0.2, 0.25) is 0 Å². The molecule has 0 aliphatic heterocycles. The van der Waals surface area contributed by atoms with Gasteiger partial charge in [0.1, 0.15) is 13.2 Å². The van der Waals surface area contributed by atoms with Gasteiger partial charge in [-0.3, -0.25) is 9.52 Å². The molecule has 0 aliphatic rings. The van der Waals surface area contributed by atoms with Crippen LogP contribution in [0, 0.1) is 10.1 Å².